The molecule has 3 heteroatoms. The van der Waals surface area contributed by atoms with Crippen LogP contribution in [0, 0.1) is 5.41 Å². The van der Waals surface area contributed by atoms with Crippen LogP contribution in [0.2, 0.25) is 0 Å². The molecule has 1 rings (SSSR count). The van der Waals surface area contributed by atoms with Crippen molar-refractivity contribution < 1.29 is 4.79 Å². The second-order valence-electron chi connectivity index (χ2n) is 4.82. The van der Waals surface area contributed by atoms with Gasteiger partial charge in [0.05, 0.1) is 6.42 Å². The molecular formula is C13H18N2O. The Bertz CT molecular complexity index is 363. The van der Waals surface area contributed by atoms with Crippen LogP contribution in [0.1, 0.15) is 26.3 Å². The number of amides is 1. The Morgan fingerprint density at radius 3 is 2.50 bits per heavy atom. The second kappa shape index (κ2) is 5.45. The standard InChI is InChI=1S/C13H18N2O/c1-13(2,3)10-14-15-12(16)9-11-7-5-4-6-8-11/h4-8,10H,9H2,1-3H3,(H,15,16)/b14-10+. The van der Waals surface area contributed by atoms with E-state index in [2.05, 4.69) is 10.5 Å². The van der Waals surface area contributed by atoms with Crippen LogP contribution < -0.4 is 5.43 Å². The van der Waals surface area contributed by atoms with Crippen molar-refractivity contribution in [3.8, 4) is 0 Å². The summed E-state index contributed by atoms with van der Waals surface area (Å²) in [6, 6.07) is 9.61. The first-order chi connectivity index (χ1) is 7.47. The van der Waals surface area contributed by atoms with Crippen molar-refractivity contribution in [3.05, 3.63) is 35.9 Å². The van der Waals surface area contributed by atoms with Gasteiger partial charge in [0, 0.05) is 6.21 Å². The summed E-state index contributed by atoms with van der Waals surface area (Å²) in [7, 11) is 0. The van der Waals surface area contributed by atoms with Gasteiger partial charge in [-0.1, -0.05) is 51.1 Å². The molecule has 0 radical (unpaired) electrons. The van der Waals surface area contributed by atoms with E-state index in [0.717, 1.165) is 5.56 Å². The number of carbonyl (C=O) groups excluding carboxylic acids is 1. The van der Waals surface area contributed by atoms with E-state index in [4.69, 9.17) is 0 Å². The summed E-state index contributed by atoms with van der Waals surface area (Å²) in [4.78, 5) is 11.5. The Morgan fingerprint density at radius 2 is 1.94 bits per heavy atom. The van der Waals surface area contributed by atoms with Gasteiger partial charge in [-0.2, -0.15) is 5.10 Å². The Kier molecular flexibility index (Phi) is 4.23. The Hall–Kier alpha value is -1.64. The lowest BCUT2D eigenvalue weighted by atomic mass is 9.99. The molecule has 0 saturated heterocycles. The van der Waals surface area contributed by atoms with Gasteiger partial charge in [0.1, 0.15) is 0 Å². The molecule has 0 atom stereocenters. The van der Waals surface area contributed by atoms with Crippen molar-refractivity contribution in [1.29, 1.82) is 0 Å². The minimum atomic E-state index is -0.0910. The van der Waals surface area contributed by atoms with Crippen molar-refractivity contribution in [1.82, 2.24) is 5.43 Å². The van der Waals surface area contributed by atoms with Crippen molar-refractivity contribution in [2.75, 3.05) is 0 Å². The zero-order chi connectivity index (χ0) is 12.0. The minimum Gasteiger partial charge on any atom is -0.273 e. The number of hydrazone groups is 1. The third kappa shape index (κ3) is 5.29. The van der Waals surface area contributed by atoms with Crippen LogP contribution in [0.4, 0.5) is 0 Å². The first kappa shape index (κ1) is 12.4. The summed E-state index contributed by atoms with van der Waals surface area (Å²) < 4.78 is 0. The van der Waals surface area contributed by atoms with E-state index in [1.807, 2.05) is 51.1 Å². The molecule has 86 valence electrons. The fourth-order valence-corrected chi connectivity index (χ4v) is 1.12. The van der Waals surface area contributed by atoms with Crippen LogP contribution in [0.5, 0.6) is 0 Å². The van der Waals surface area contributed by atoms with Gasteiger partial charge in [-0.15, -0.1) is 0 Å². The van der Waals surface area contributed by atoms with E-state index in [0.29, 0.717) is 6.42 Å². The monoisotopic (exact) mass is 218 g/mol. The van der Waals surface area contributed by atoms with Gasteiger partial charge in [-0.3, -0.25) is 4.79 Å². The summed E-state index contributed by atoms with van der Waals surface area (Å²) in [5, 5.41) is 3.91. The number of benzene rings is 1. The molecule has 0 aliphatic carbocycles. The molecule has 0 unspecified atom stereocenters. The maximum atomic E-state index is 11.5. The van der Waals surface area contributed by atoms with E-state index < -0.39 is 0 Å². The maximum Gasteiger partial charge on any atom is 0.244 e. The van der Waals surface area contributed by atoms with E-state index in [-0.39, 0.29) is 11.3 Å². The predicted octanol–water partition coefficient (Wildman–Crippen LogP) is 2.38. The van der Waals surface area contributed by atoms with Gasteiger partial charge in [0.25, 0.3) is 0 Å². The highest BCUT2D eigenvalue weighted by Gasteiger charge is 2.06. The van der Waals surface area contributed by atoms with E-state index in [1.165, 1.54) is 0 Å². The van der Waals surface area contributed by atoms with Crippen LogP contribution >= 0.6 is 0 Å². The molecule has 0 aromatic heterocycles. The molecule has 0 spiro atoms. The fraction of sp³-hybridized carbons (Fsp3) is 0.385. The average molecular weight is 218 g/mol. The smallest absolute Gasteiger partial charge is 0.244 e. The summed E-state index contributed by atoms with van der Waals surface area (Å²) in [5.74, 6) is -0.0910. The Balaban J connectivity index is 2.41. The van der Waals surface area contributed by atoms with Gasteiger partial charge >= 0.3 is 0 Å². The molecule has 1 N–H and O–H groups in total. The van der Waals surface area contributed by atoms with Gasteiger partial charge in [-0.05, 0) is 11.0 Å². The normalized spacial score (nSPS) is 11.7. The van der Waals surface area contributed by atoms with Gasteiger partial charge in [0.2, 0.25) is 5.91 Å². The molecular weight excluding hydrogens is 200 g/mol. The molecule has 1 aromatic rings. The first-order valence-corrected chi connectivity index (χ1v) is 5.34. The van der Waals surface area contributed by atoms with Crippen LogP contribution in [-0.2, 0) is 11.2 Å². The molecule has 3 nitrogen and oxygen atoms in total. The van der Waals surface area contributed by atoms with E-state index in [9.17, 15) is 4.79 Å². The summed E-state index contributed by atoms with van der Waals surface area (Å²) >= 11 is 0. The molecule has 1 aromatic carbocycles. The second-order valence-corrected chi connectivity index (χ2v) is 4.82. The SMILES string of the molecule is CC(C)(C)/C=N/NC(=O)Cc1ccccc1. The first-order valence-electron chi connectivity index (χ1n) is 5.34. The predicted molar refractivity (Wildman–Crippen MR) is 66.2 cm³/mol. The Morgan fingerprint density at radius 1 is 1.31 bits per heavy atom. The van der Waals surface area contributed by atoms with Crippen molar-refractivity contribution in [3.63, 3.8) is 0 Å². The number of nitrogens with one attached hydrogen (secondary N) is 1. The highest BCUT2D eigenvalue weighted by molar-refractivity contribution is 5.79. The molecule has 0 bridgehead atoms. The number of rotatable bonds is 3. The zero-order valence-electron chi connectivity index (χ0n) is 10.0. The topological polar surface area (TPSA) is 41.5 Å². The van der Waals surface area contributed by atoms with Crippen molar-refractivity contribution in [2.45, 2.75) is 27.2 Å². The number of hydrogen-bond donors (Lipinski definition) is 1. The van der Waals surface area contributed by atoms with Crippen LogP contribution in [0.15, 0.2) is 35.4 Å². The van der Waals surface area contributed by atoms with Crippen LogP contribution in [-0.4, -0.2) is 12.1 Å². The highest BCUT2D eigenvalue weighted by atomic mass is 16.2. The summed E-state index contributed by atoms with van der Waals surface area (Å²) in [5.41, 5.74) is 3.50. The molecule has 0 aliphatic rings. The lowest BCUT2D eigenvalue weighted by Gasteiger charge is -2.09. The van der Waals surface area contributed by atoms with E-state index >= 15 is 0 Å². The summed E-state index contributed by atoms with van der Waals surface area (Å²) in [6.07, 6.45) is 2.10. The third-order valence-electron chi connectivity index (χ3n) is 1.85. The van der Waals surface area contributed by atoms with Crippen molar-refractivity contribution >= 4 is 12.1 Å². The molecule has 16 heavy (non-hydrogen) atoms. The molecule has 0 fully saturated rings. The van der Waals surface area contributed by atoms with Crippen LogP contribution in [0.3, 0.4) is 0 Å². The molecule has 0 heterocycles. The molecule has 1 amide bonds. The van der Waals surface area contributed by atoms with Crippen molar-refractivity contribution in [2.24, 2.45) is 10.5 Å². The number of nitrogens with zero attached hydrogens (tertiary/aromatic N) is 1. The molecule has 0 saturated carbocycles. The zero-order valence-corrected chi connectivity index (χ0v) is 10.0. The Labute approximate surface area is 96.6 Å². The third-order valence-corrected chi connectivity index (χ3v) is 1.85. The summed E-state index contributed by atoms with van der Waals surface area (Å²) in [6.45, 7) is 6.08. The number of carbonyl (C=O) groups is 1. The lowest BCUT2D eigenvalue weighted by molar-refractivity contribution is -0.120. The minimum absolute atomic E-state index is 0.0139. The maximum absolute atomic E-state index is 11.5. The van der Waals surface area contributed by atoms with Gasteiger partial charge in [-0.25, -0.2) is 5.43 Å². The quantitative estimate of drug-likeness (QED) is 0.614. The lowest BCUT2D eigenvalue weighted by Crippen LogP contribution is -2.21. The van der Waals surface area contributed by atoms with Gasteiger partial charge in [0.15, 0.2) is 0 Å². The fourth-order valence-electron chi connectivity index (χ4n) is 1.12. The van der Waals surface area contributed by atoms with E-state index in [1.54, 1.807) is 6.21 Å². The average Bonchev–Trinajstić information content (AvgIpc) is 2.17. The number of hydrogen-bond acceptors (Lipinski definition) is 2. The van der Waals surface area contributed by atoms with Gasteiger partial charge < -0.3 is 0 Å². The largest absolute Gasteiger partial charge is 0.273 e. The molecule has 0 aliphatic heterocycles. The van der Waals surface area contributed by atoms with Crippen LogP contribution in [0.25, 0.3) is 0 Å². The highest BCUT2D eigenvalue weighted by Crippen LogP contribution is 2.07.